The lowest BCUT2D eigenvalue weighted by atomic mass is 9.46. The number of aryl methyl sites for hydroxylation is 1. The van der Waals surface area contributed by atoms with E-state index in [1.807, 2.05) is 35.2 Å². The molecule has 6 rings (SSSR count). The molecule has 0 N–H and O–H groups in total. The van der Waals surface area contributed by atoms with Gasteiger partial charge in [0.25, 0.3) is 0 Å². The highest BCUT2D eigenvalue weighted by Crippen LogP contribution is 2.64. The van der Waals surface area contributed by atoms with Crippen molar-refractivity contribution < 1.29 is 4.79 Å². The molecule has 8 heteroatoms. The van der Waals surface area contributed by atoms with E-state index in [0.29, 0.717) is 23.1 Å². The number of nitrogens with zero attached hydrogens (tertiary/aromatic N) is 6. The molecule has 4 aliphatic rings. The van der Waals surface area contributed by atoms with Crippen molar-refractivity contribution in [1.29, 1.82) is 0 Å². The summed E-state index contributed by atoms with van der Waals surface area (Å²) in [4.78, 5) is 19.9. The van der Waals surface area contributed by atoms with Crippen molar-refractivity contribution in [3.63, 3.8) is 0 Å². The zero-order valence-electron chi connectivity index (χ0n) is 16.5. The molecule has 0 spiro atoms. The van der Waals surface area contributed by atoms with Gasteiger partial charge >= 0.3 is 0 Å². The molecular weight excluding hydrogens is 420 g/mol. The standard InChI is InChI=1S/C20H27BrN6O/c1-3-26-5-4-16(23-26)11-25(2)17(28)19-7-14-6-15(8-19)10-20(9-14,12-19)27-13-22-18(21)24-27/h4-5,13-15H,3,6-12H2,1-2H3. The number of hydrogen-bond donors (Lipinski definition) is 0. The fourth-order valence-electron chi connectivity index (χ4n) is 6.59. The van der Waals surface area contributed by atoms with E-state index >= 15 is 0 Å². The van der Waals surface area contributed by atoms with Crippen molar-refractivity contribution in [3.8, 4) is 0 Å². The van der Waals surface area contributed by atoms with Gasteiger partial charge in [0, 0.05) is 19.8 Å². The number of carbonyl (C=O) groups excluding carboxylic acids is 1. The van der Waals surface area contributed by atoms with E-state index in [1.54, 1.807) is 0 Å². The molecular formula is C20H27BrN6O. The minimum atomic E-state index is -0.259. The highest BCUT2D eigenvalue weighted by Gasteiger charge is 2.62. The van der Waals surface area contributed by atoms with Crippen LogP contribution >= 0.6 is 15.9 Å². The van der Waals surface area contributed by atoms with Crippen LogP contribution < -0.4 is 0 Å². The van der Waals surface area contributed by atoms with E-state index < -0.39 is 0 Å². The first-order valence-electron chi connectivity index (χ1n) is 10.3. The minimum absolute atomic E-state index is 0.0522. The van der Waals surface area contributed by atoms with Crippen LogP contribution in [0.5, 0.6) is 0 Å². The molecule has 7 nitrogen and oxygen atoms in total. The highest BCUT2D eigenvalue weighted by atomic mass is 79.9. The molecule has 2 unspecified atom stereocenters. The van der Waals surface area contributed by atoms with Crippen LogP contribution in [-0.4, -0.2) is 42.4 Å². The third-order valence-corrected chi connectivity index (χ3v) is 7.56. The molecule has 4 aliphatic carbocycles. The number of carbonyl (C=O) groups is 1. The second-order valence-corrected chi connectivity index (χ2v) is 9.96. The summed E-state index contributed by atoms with van der Waals surface area (Å²) >= 11 is 3.39. The van der Waals surface area contributed by atoms with E-state index in [2.05, 4.69) is 42.7 Å². The van der Waals surface area contributed by atoms with E-state index in [-0.39, 0.29) is 16.9 Å². The maximum Gasteiger partial charge on any atom is 0.228 e. The predicted molar refractivity (Wildman–Crippen MR) is 107 cm³/mol. The molecule has 0 saturated heterocycles. The lowest BCUT2D eigenvalue weighted by Gasteiger charge is -2.61. The molecule has 2 heterocycles. The molecule has 1 amide bonds. The normalized spacial score (nSPS) is 33.4. The van der Waals surface area contributed by atoms with Gasteiger partial charge in [0.15, 0.2) is 0 Å². The summed E-state index contributed by atoms with van der Waals surface area (Å²) in [5, 5.41) is 9.16. The second kappa shape index (κ2) is 6.40. The average Bonchev–Trinajstić information content (AvgIpc) is 3.29. The van der Waals surface area contributed by atoms with E-state index in [9.17, 15) is 4.79 Å². The Hall–Kier alpha value is -1.70. The second-order valence-electron chi connectivity index (χ2n) is 9.25. The van der Waals surface area contributed by atoms with Crippen LogP contribution in [0.3, 0.4) is 0 Å². The number of amides is 1. The summed E-state index contributed by atoms with van der Waals surface area (Å²) in [5.74, 6) is 1.51. The molecule has 4 bridgehead atoms. The number of aromatic nitrogens is 5. The van der Waals surface area contributed by atoms with Gasteiger partial charge < -0.3 is 4.90 Å². The topological polar surface area (TPSA) is 68.8 Å². The number of halogens is 1. The Labute approximate surface area is 173 Å². The summed E-state index contributed by atoms with van der Waals surface area (Å²) < 4.78 is 4.60. The third-order valence-electron chi connectivity index (χ3n) is 7.20. The van der Waals surface area contributed by atoms with E-state index in [4.69, 9.17) is 0 Å². The van der Waals surface area contributed by atoms with Crippen molar-refractivity contribution in [3.05, 3.63) is 29.0 Å². The van der Waals surface area contributed by atoms with Gasteiger partial charge in [-0.1, -0.05) is 0 Å². The van der Waals surface area contributed by atoms with Crippen molar-refractivity contribution in [2.75, 3.05) is 7.05 Å². The Bertz CT molecular complexity index is 890. The Morgan fingerprint density at radius 3 is 2.64 bits per heavy atom. The van der Waals surface area contributed by atoms with Gasteiger partial charge in [-0.3, -0.25) is 9.48 Å². The van der Waals surface area contributed by atoms with Crippen molar-refractivity contribution in [2.45, 2.75) is 64.1 Å². The quantitative estimate of drug-likeness (QED) is 0.706. The van der Waals surface area contributed by atoms with Crippen molar-refractivity contribution in [2.24, 2.45) is 17.3 Å². The average molecular weight is 447 g/mol. The van der Waals surface area contributed by atoms with Crippen molar-refractivity contribution >= 4 is 21.8 Å². The van der Waals surface area contributed by atoms with Crippen LogP contribution in [-0.2, 0) is 23.4 Å². The SMILES string of the molecule is CCn1ccc(CN(C)C(=O)C23CC4CC(C2)CC(n2cnc(Br)n2)(C4)C3)n1. The van der Waals surface area contributed by atoms with E-state index in [1.165, 1.54) is 6.42 Å². The van der Waals surface area contributed by atoms with Crippen LogP contribution in [0.2, 0.25) is 0 Å². The first-order chi connectivity index (χ1) is 13.4. The smallest absolute Gasteiger partial charge is 0.228 e. The molecule has 0 aromatic carbocycles. The van der Waals surface area contributed by atoms with E-state index in [0.717, 1.165) is 44.3 Å². The molecule has 2 atom stereocenters. The molecule has 150 valence electrons. The minimum Gasteiger partial charge on any atom is -0.339 e. The highest BCUT2D eigenvalue weighted by molar-refractivity contribution is 9.10. The maximum absolute atomic E-state index is 13.7. The van der Waals surface area contributed by atoms with Crippen LogP contribution in [0.1, 0.15) is 51.1 Å². The van der Waals surface area contributed by atoms with Crippen LogP contribution in [0, 0.1) is 17.3 Å². The Balaban J connectivity index is 1.41. The summed E-state index contributed by atoms with van der Waals surface area (Å²) in [6.45, 7) is 3.49. The zero-order chi connectivity index (χ0) is 19.5. The van der Waals surface area contributed by atoms with Gasteiger partial charge in [-0.15, -0.1) is 5.10 Å². The molecule has 4 fully saturated rings. The molecule has 0 aliphatic heterocycles. The Kier molecular flexibility index (Phi) is 4.19. The van der Waals surface area contributed by atoms with Gasteiger partial charge in [0.1, 0.15) is 6.33 Å². The first kappa shape index (κ1) is 18.3. The molecule has 28 heavy (non-hydrogen) atoms. The fraction of sp³-hybridized carbons (Fsp3) is 0.700. The molecule has 2 aromatic heterocycles. The third kappa shape index (κ3) is 2.83. The molecule has 4 saturated carbocycles. The summed E-state index contributed by atoms with van der Waals surface area (Å²) in [7, 11) is 1.94. The largest absolute Gasteiger partial charge is 0.339 e. The predicted octanol–water partition coefficient (Wildman–Crippen LogP) is 3.21. The maximum atomic E-state index is 13.7. The summed E-state index contributed by atoms with van der Waals surface area (Å²) in [5.41, 5.74) is 0.644. The lowest BCUT2D eigenvalue weighted by Crippen LogP contribution is -2.61. The van der Waals surface area contributed by atoms with Crippen LogP contribution in [0.4, 0.5) is 0 Å². The first-order valence-corrected chi connectivity index (χ1v) is 11.1. The van der Waals surface area contributed by atoms with Gasteiger partial charge in [-0.25, -0.2) is 9.67 Å². The fourth-order valence-corrected chi connectivity index (χ4v) is 6.85. The van der Waals surface area contributed by atoms with Crippen LogP contribution in [0.25, 0.3) is 0 Å². The monoisotopic (exact) mass is 446 g/mol. The van der Waals surface area contributed by atoms with Gasteiger partial charge in [-0.2, -0.15) is 5.10 Å². The number of rotatable bonds is 5. The Morgan fingerprint density at radius 2 is 2.04 bits per heavy atom. The zero-order valence-corrected chi connectivity index (χ0v) is 18.1. The van der Waals surface area contributed by atoms with Gasteiger partial charge in [-0.05, 0) is 79.3 Å². The van der Waals surface area contributed by atoms with Crippen molar-refractivity contribution in [1.82, 2.24) is 29.4 Å². The molecule has 0 radical (unpaired) electrons. The lowest BCUT2D eigenvalue weighted by molar-refractivity contribution is -0.166. The Morgan fingerprint density at radius 1 is 1.29 bits per heavy atom. The number of hydrogen-bond acceptors (Lipinski definition) is 4. The summed E-state index contributed by atoms with van der Waals surface area (Å²) in [6, 6.07) is 2.02. The van der Waals surface area contributed by atoms with Gasteiger partial charge in [0.2, 0.25) is 10.6 Å². The van der Waals surface area contributed by atoms with Gasteiger partial charge in [0.05, 0.1) is 23.2 Å². The van der Waals surface area contributed by atoms with Crippen LogP contribution in [0.15, 0.2) is 23.3 Å². The summed E-state index contributed by atoms with van der Waals surface area (Å²) in [6.07, 6.45) is 10.3. The molecule has 2 aromatic rings.